The first-order valence-corrected chi connectivity index (χ1v) is 4.01. The summed E-state index contributed by atoms with van der Waals surface area (Å²) in [5, 5.41) is 8.16. The van der Waals surface area contributed by atoms with Crippen LogP contribution in [0.5, 0.6) is 0 Å². The molecule has 0 unspecified atom stereocenters. The highest BCUT2D eigenvalue weighted by atomic mass is 35.6. The lowest BCUT2D eigenvalue weighted by molar-refractivity contribution is -0.131. The molecule has 0 heterocycles. The van der Waals surface area contributed by atoms with E-state index in [4.69, 9.17) is 39.9 Å². The number of hydrogen-bond acceptors (Lipinski definition) is 1. The lowest BCUT2D eigenvalue weighted by Gasteiger charge is -2.06. The quantitative estimate of drug-likeness (QED) is 0.583. The Labute approximate surface area is 79.7 Å². The zero-order chi connectivity index (χ0) is 8.91. The molecule has 0 bridgehead atoms. The second kappa shape index (κ2) is 4.86. The molecule has 0 aromatic heterocycles. The van der Waals surface area contributed by atoms with E-state index in [-0.39, 0.29) is 0 Å². The predicted octanol–water partition coefficient (Wildman–Crippen LogP) is 2.78. The topological polar surface area (TPSA) is 37.3 Å². The Morgan fingerprint density at radius 1 is 1.45 bits per heavy atom. The second-order valence-corrected chi connectivity index (χ2v) is 4.41. The minimum Gasteiger partial charge on any atom is -0.478 e. The number of halogens is 3. The summed E-state index contributed by atoms with van der Waals surface area (Å²) in [7, 11) is 0. The average Bonchev–Trinajstić information content (AvgIpc) is 1.78. The zero-order valence-electron chi connectivity index (χ0n) is 5.56. The van der Waals surface area contributed by atoms with E-state index in [1.54, 1.807) is 0 Å². The van der Waals surface area contributed by atoms with E-state index >= 15 is 0 Å². The highest BCUT2D eigenvalue weighted by molar-refractivity contribution is 6.67. The summed E-state index contributed by atoms with van der Waals surface area (Å²) in [6.07, 6.45) is 3.24. The molecule has 0 aliphatic carbocycles. The number of carbonyl (C=O) groups is 1. The van der Waals surface area contributed by atoms with Crippen LogP contribution in [0.15, 0.2) is 12.2 Å². The van der Waals surface area contributed by atoms with Crippen molar-refractivity contribution in [1.29, 1.82) is 0 Å². The van der Waals surface area contributed by atoms with Gasteiger partial charge in [-0.1, -0.05) is 40.9 Å². The molecule has 0 aliphatic rings. The summed E-state index contributed by atoms with van der Waals surface area (Å²) in [5.74, 6) is -0.991. The Bertz CT molecular complexity index is 160. The second-order valence-electron chi connectivity index (χ2n) is 1.89. The van der Waals surface area contributed by atoms with Gasteiger partial charge in [-0.15, -0.1) is 0 Å². The van der Waals surface area contributed by atoms with Gasteiger partial charge in [0.2, 0.25) is 0 Å². The van der Waals surface area contributed by atoms with Crippen molar-refractivity contribution >= 4 is 40.8 Å². The largest absolute Gasteiger partial charge is 0.478 e. The summed E-state index contributed by atoms with van der Waals surface area (Å²) in [6, 6.07) is 0. The van der Waals surface area contributed by atoms with Crippen LogP contribution in [-0.2, 0) is 4.79 Å². The molecule has 0 saturated carbocycles. The number of hydrogen-bond donors (Lipinski definition) is 1. The lowest BCUT2D eigenvalue weighted by atomic mass is 10.3. The van der Waals surface area contributed by atoms with Crippen molar-refractivity contribution in [2.24, 2.45) is 0 Å². The van der Waals surface area contributed by atoms with E-state index in [0.29, 0.717) is 12.8 Å². The van der Waals surface area contributed by atoms with E-state index in [1.807, 2.05) is 0 Å². The minimum atomic E-state index is -1.29. The molecule has 64 valence electrons. The van der Waals surface area contributed by atoms with Crippen molar-refractivity contribution < 1.29 is 9.90 Å². The molecular weight excluding hydrogens is 210 g/mol. The van der Waals surface area contributed by atoms with E-state index in [9.17, 15) is 4.79 Å². The molecule has 1 N–H and O–H groups in total. The maximum atomic E-state index is 9.94. The van der Waals surface area contributed by atoms with Crippen molar-refractivity contribution in [3.63, 3.8) is 0 Å². The first-order chi connectivity index (χ1) is 4.92. The molecule has 5 heteroatoms. The van der Waals surface area contributed by atoms with Gasteiger partial charge in [-0.05, 0) is 12.8 Å². The lowest BCUT2D eigenvalue weighted by Crippen LogP contribution is -1.99. The molecule has 0 atom stereocenters. The van der Waals surface area contributed by atoms with E-state index in [0.717, 1.165) is 6.08 Å². The van der Waals surface area contributed by atoms with Gasteiger partial charge < -0.3 is 5.11 Å². The van der Waals surface area contributed by atoms with Crippen LogP contribution in [-0.4, -0.2) is 14.9 Å². The first-order valence-electron chi connectivity index (χ1n) is 2.88. The van der Waals surface area contributed by atoms with E-state index in [1.165, 1.54) is 6.08 Å². The maximum Gasteiger partial charge on any atom is 0.327 e. The third-order valence-corrected chi connectivity index (χ3v) is 1.42. The van der Waals surface area contributed by atoms with Gasteiger partial charge in [0.25, 0.3) is 0 Å². The molecular formula is C6H7Cl3O2. The zero-order valence-corrected chi connectivity index (χ0v) is 7.83. The van der Waals surface area contributed by atoms with Gasteiger partial charge in [0.15, 0.2) is 3.79 Å². The monoisotopic (exact) mass is 216 g/mol. The van der Waals surface area contributed by atoms with Crippen molar-refractivity contribution in [3.05, 3.63) is 12.2 Å². The fourth-order valence-corrected chi connectivity index (χ4v) is 0.758. The smallest absolute Gasteiger partial charge is 0.327 e. The highest BCUT2D eigenvalue weighted by Gasteiger charge is 2.17. The molecule has 11 heavy (non-hydrogen) atoms. The maximum absolute atomic E-state index is 9.94. The Morgan fingerprint density at radius 2 is 2.00 bits per heavy atom. The highest BCUT2D eigenvalue weighted by Crippen LogP contribution is 2.31. The van der Waals surface area contributed by atoms with Gasteiger partial charge in [-0.2, -0.15) is 0 Å². The molecule has 0 spiro atoms. The number of alkyl halides is 3. The van der Waals surface area contributed by atoms with Crippen LogP contribution in [0.1, 0.15) is 12.8 Å². The van der Waals surface area contributed by atoms with Crippen molar-refractivity contribution in [2.45, 2.75) is 16.6 Å². The average molecular weight is 217 g/mol. The van der Waals surface area contributed by atoms with E-state index in [2.05, 4.69) is 0 Å². The van der Waals surface area contributed by atoms with Crippen LogP contribution in [0.4, 0.5) is 0 Å². The normalized spacial score (nSPS) is 12.3. The van der Waals surface area contributed by atoms with Crippen LogP contribution >= 0.6 is 34.8 Å². The fourth-order valence-electron chi connectivity index (χ4n) is 0.431. The van der Waals surface area contributed by atoms with Gasteiger partial charge >= 0.3 is 5.97 Å². The van der Waals surface area contributed by atoms with Crippen LogP contribution < -0.4 is 0 Å². The van der Waals surface area contributed by atoms with Gasteiger partial charge in [0.05, 0.1) is 0 Å². The van der Waals surface area contributed by atoms with Gasteiger partial charge in [-0.25, -0.2) is 4.79 Å². The van der Waals surface area contributed by atoms with Crippen LogP contribution in [0.3, 0.4) is 0 Å². The third kappa shape index (κ3) is 10.1. The molecule has 0 fully saturated rings. The number of allylic oxidation sites excluding steroid dienone is 1. The van der Waals surface area contributed by atoms with E-state index < -0.39 is 9.76 Å². The summed E-state index contributed by atoms with van der Waals surface area (Å²) < 4.78 is -1.29. The van der Waals surface area contributed by atoms with Gasteiger partial charge in [0, 0.05) is 6.08 Å². The van der Waals surface area contributed by atoms with Crippen molar-refractivity contribution in [2.75, 3.05) is 0 Å². The Morgan fingerprint density at radius 3 is 2.36 bits per heavy atom. The standard InChI is InChI=1S/C6H7Cl3O2/c7-6(8,9)4-2-1-3-5(10)11/h1,3H,2,4H2,(H,10,11). The molecule has 0 aliphatic heterocycles. The first kappa shape index (κ1) is 11.1. The molecule has 0 aromatic carbocycles. The summed E-state index contributed by atoms with van der Waals surface area (Å²) in [4.78, 5) is 9.94. The van der Waals surface area contributed by atoms with Crippen LogP contribution in [0, 0.1) is 0 Å². The molecule has 0 saturated heterocycles. The third-order valence-electron chi connectivity index (χ3n) is 0.855. The number of aliphatic carboxylic acids is 1. The number of rotatable bonds is 3. The minimum absolute atomic E-state index is 0.321. The van der Waals surface area contributed by atoms with Crippen molar-refractivity contribution in [1.82, 2.24) is 0 Å². The van der Waals surface area contributed by atoms with Gasteiger partial charge in [0.1, 0.15) is 0 Å². The molecule has 0 rings (SSSR count). The summed E-state index contributed by atoms with van der Waals surface area (Å²) >= 11 is 16.2. The van der Waals surface area contributed by atoms with Crippen LogP contribution in [0.25, 0.3) is 0 Å². The summed E-state index contributed by atoms with van der Waals surface area (Å²) in [6.45, 7) is 0. The van der Waals surface area contributed by atoms with Gasteiger partial charge in [-0.3, -0.25) is 0 Å². The Kier molecular flexibility index (Phi) is 4.89. The number of carboxylic acids is 1. The Balaban J connectivity index is 3.50. The predicted molar refractivity (Wildman–Crippen MR) is 46.3 cm³/mol. The SMILES string of the molecule is O=C(O)C=CCCC(Cl)(Cl)Cl. The molecule has 2 nitrogen and oxygen atoms in total. The fraction of sp³-hybridized carbons (Fsp3) is 0.500. The number of carboxylic acid groups (broad SMARTS) is 1. The Hall–Kier alpha value is 0.0800. The van der Waals surface area contributed by atoms with Crippen LogP contribution in [0.2, 0.25) is 0 Å². The molecule has 0 aromatic rings. The van der Waals surface area contributed by atoms with Crippen molar-refractivity contribution in [3.8, 4) is 0 Å². The summed E-state index contributed by atoms with van der Waals surface area (Å²) in [5.41, 5.74) is 0. The molecule has 0 amide bonds. The molecule has 0 radical (unpaired) electrons.